The van der Waals surface area contributed by atoms with Gasteiger partial charge in [-0.2, -0.15) is 0 Å². The van der Waals surface area contributed by atoms with Crippen LogP contribution < -0.4 is 10.6 Å². The van der Waals surface area contributed by atoms with Crippen molar-refractivity contribution in [3.63, 3.8) is 0 Å². The normalized spacial score (nSPS) is 30.5. The van der Waals surface area contributed by atoms with Crippen molar-refractivity contribution in [2.75, 3.05) is 6.54 Å². The summed E-state index contributed by atoms with van der Waals surface area (Å²) < 4.78 is 0. The molecule has 0 saturated heterocycles. The second-order valence-electron chi connectivity index (χ2n) is 6.89. The second kappa shape index (κ2) is 6.67. The molecule has 2 rings (SSSR count). The molecule has 2 amide bonds. The third-order valence-electron chi connectivity index (χ3n) is 5.31. The highest BCUT2D eigenvalue weighted by atomic mass is 16.4. The smallest absolute Gasteiger partial charge is 0.329 e. The van der Waals surface area contributed by atoms with E-state index in [1.54, 1.807) is 0 Å². The summed E-state index contributed by atoms with van der Waals surface area (Å²) in [6.07, 6.45) is 6.41. The number of aliphatic carboxylic acids is 1. The molecule has 21 heavy (non-hydrogen) atoms. The van der Waals surface area contributed by atoms with Crippen molar-refractivity contribution in [3.05, 3.63) is 0 Å². The van der Waals surface area contributed by atoms with Crippen LogP contribution in [0, 0.1) is 17.8 Å². The van der Waals surface area contributed by atoms with Crippen LogP contribution in [-0.2, 0) is 4.79 Å². The minimum atomic E-state index is -1.07. The molecule has 0 aromatic rings. The van der Waals surface area contributed by atoms with E-state index in [-0.39, 0.29) is 6.03 Å². The van der Waals surface area contributed by atoms with Crippen LogP contribution in [0.1, 0.15) is 58.8 Å². The van der Waals surface area contributed by atoms with Crippen LogP contribution in [-0.4, -0.2) is 29.2 Å². The van der Waals surface area contributed by atoms with Gasteiger partial charge in [0.05, 0.1) is 0 Å². The molecule has 0 aromatic carbocycles. The molecule has 1 unspecified atom stereocenters. The molecule has 0 aromatic heterocycles. The number of nitrogens with one attached hydrogen (secondary N) is 2. The van der Waals surface area contributed by atoms with Gasteiger partial charge in [0.25, 0.3) is 0 Å². The van der Waals surface area contributed by atoms with Gasteiger partial charge in [0.1, 0.15) is 5.54 Å². The van der Waals surface area contributed by atoms with Gasteiger partial charge in [0, 0.05) is 6.54 Å². The quantitative estimate of drug-likeness (QED) is 0.705. The number of carbonyl (C=O) groups excluding carboxylic acids is 1. The van der Waals surface area contributed by atoms with Gasteiger partial charge in [-0.3, -0.25) is 0 Å². The van der Waals surface area contributed by atoms with Crippen LogP contribution in [0.5, 0.6) is 0 Å². The highest BCUT2D eigenvalue weighted by Gasteiger charge is 2.43. The fourth-order valence-corrected chi connectivity index (χ4v) is 3.32. The zero-order chi connectivity index (χ0) is 15.5. The first-order valence-corrected chi connectivity index (χ1v) is 8.26. The Morgan fingerprint density at radius 2 is 1.86 bits per heavy atom. The number of carboxylic acids is 1. The van der Waals surface area contributed by atoms with Crippen LogP contribution in [0.2, 0.25) is 0 Å². The van der Waals surface area contributed by atoms with Crippen LogP contribution in [0.3, 0.4) is 0 Å². The summed E-state index contributed by atoms with van der Waals surface area (Å²) in [7, 11) is 0. The lowest BCUT2D eigenvalue weighted by atomic mass is 9.75. The number of hydrogen-bond acceptors (Lipinski definition) is 2. The van der Waals surface area contributed by atoms with E-state index in [0.717, 1.165) is 25.2 Å². The lowest BCUT2D eigenvalue weighted by Crippen LogP contribution is -2.59. The number of carboxylic acid groups (broad SMARTS) is 1. The molecule has 5 heteroatoms. The molecule has 2 aliphatic carbocycles. The Labute approximate surface area is 126 Å². The molecular formula is C16H28N2O3. The largest absolute Gasteiger partial charge is 0.480 e. The molecule has 0 bridgehead atoms. The first-order valence-electron chi connectivity index (χ1n) is 8.26. The third-order valence-corrected chi connectivity index (χ3v) is 5.31. The van der Waals surface area contributed by atoms with Gasteiger partial charge in [-0.25, -0.2) is 9.59 Å². The van der Waals surface area contributed by atoms with E-state index in [1.807, 2.05) is 0 Å². The maximum atomic E-state index is 12.0. The lowest BCUT2D eigenvalue weighted by molar-refractivity contribution is -0.146. The molecule has 1 atom stereocenters. The summed E-state index contributed by atoms with van der Waals surface area (Å²) in [5, 5.41) is 15.1. The first kappa shape index (κ1) is 16.1. The molecule has 0 heterocycles. The molecule has 2 saturated carbocycles. The van der Waals surface area contributed by atoms with Gasteiger partial charge in [-0.15, -0.1) is 0 Å². The fourth-order valence-electron chi connectivity index (χ4n) is 3.32. The molecule has 0 radical (unpaired) electrons. The Morgan fingerprint density at radius 1 is 1.24 bits per heavy atom. The van der Waals surface area contributed by atoms with Crippen molar-refractivity contribution in [1.82, 2.24) is 10.6 Å². The zero-order valence-corrected chi connectivity index (χ0v) is 13.2. The van der Waals surface area contributed by atoms with Crippen molar-refractivity contribution in [2.24, 2.45) is 17.8 Å². The molecule has 2 fully saturated rings. The average Bonchev–Trinajstić information content (AvgIpc) is 3.30. The third kappa shape index (κ3) is 4.11. The van der Waals surface area contributed by atoms with Gasteiger partial charge >= 0.3 is 12.0 Å². The van der Waals surface area contributed by atoms with E-state index in [0.29, 0.717) is 31.2 Å². The van der Waals surface area contributed by atoms with Gasteiger partial charge in [-0.1, -0.05) is 20.3 Å². The van der Waals surface area contributed by atoms with E-state index in [1.165, 1.54) is 12.8 Å². The van der Waals surface area contributed by atoms with E-state index in [9.17, 15) is 14.7 Å². The van der Waals surface area contributed by atoms with Crippen LogP contribution in [0.25, 0.3) is 0 Å². The number of rotatable bonds is 6. The Kier molecular flexibility index (Phi) is 5.12. The topological polar surface area (TPSA) is 78.4 Å². The monoisotopic (exact) mass is 296 g/mol. The Morgan fingerprint density at radius 3 is 2.33 bits per heavy atom. The van der Waals surface area contributed by atoms with Crippen LogP contribution in [0.4, 0.5) is 4.79 Å². The van der Waals surface area contributed by atoms with Crippen molar-refractivity contribution in [2.45, 2.75) is 64.3 Å². The summed E-state index contributed by atoms with van der Waals surface area (Å²) in [6.45, 7) is 4.90. The van der Waals surface area contributed by atoms with Gasteiger partial charge < -0.3 is 15.7 Å². The summed E-state index contributed by atoms with van der Waals surface area (Å²) in [5.41, 5.74) is -1.07. The summed E-state index contributed by atoms with van der Waals surface area (Å²) in [6, 6.07) is -0.333. The predicted octanol–water partition coefficient (Wildman–Crippen LogP) is 2.76. The number of hydrogen-bond donors (Lipinski definition) is 3. The van der Waals surface area contributed by atoms with Crippen LogP contribution in [0.15, 0.2) is 0 Å². The van der Waals surface area contributed by atoms with Gasteiger partial charge in [0.15, 0.2) is 0 Å². The summed E-state index contributed by atoms with van der Waals surface area (Å²) in [5.74, 6) is 0.908. The zero-order valence-electron chi connectivity index (χ0n) is 13.2. The minimum absolute atomic E-state index is 0.333. The van der Waals surface area contributed by atoms with Crippen molar-refractivity contribution in [1.29, 1.82) is 0 Å². The highest BCUT2D eigenvalue weighted by Crippen LogP contribution is 2.36. The van der Waals surface area contributed by atoms with Crippen molar-refractivity contribution < 1.29 is 14.7 Å². The SMILES string of the molecule is CCC1CCC(NC(=O)NCC(C)C2CC2)(C(=O)O)CC1. The lowest BCUT2D eigenvalue weighted by Gasteiger charge is -2.37. The predicted molar refractivity (Wildman–Crippen MR) is 81.0 cm³/mol. The molecule has 0 spiro atoms. The van der Waals surface area contributed by atoms with E-state index in [4.69, 9.17) is 0 Å². The van der Waals surface area contributed by atoms with Crippen molar-refractivity contribution in [3.8, 4) is 0 Å². The van der Waals surface area contributed by atoms with Crippen LogP contribution >= 0.6 is 0 Å². The number of amides is 2. The highest BCUT2D eigenvalue weighted by molar-refractivity contribution is 5.86. The van der Waals surface area contributed by atoms with Crippen molar-refractivity contribution >= 4 is 12.0 Å². The average molecular weight is 296 g/mol. The maximum absolute atomic E-state index is 12.0. The summed E-state index contributed by atoms with van der Waals surface area (Å²) >= 11 is 0. The fraction of sp³-hybridized carbons (Fsp3) is 0.875. The molecule has 0 aliphatic heterocycles. The number of urea groups is 1. The summed E-state index contributed by atoms with van der Waals surface area (Å²) in [4.78, 5) is 23.7. The Bertz CT molecular complexity index is 385. The van der Waals surface area contributed by atoms with E-state index < -0.39 is 11.5 Å². The minimum Gasteiger partial charge on any atom is -0.480 e. The molecule has 5 nitrogen and oxygen atoms in total. The Hall–Kier alpha value is -1.26. The van der Waals surface area contributed by atoms with E-state index >= 15 is 0 Å². The standard InChI is InChI=1S/C16H28N2O3/c1-3-12-6-8-16(9-7-12,14(19)20)18-15(21)17-10-11(2)13-4-5-13/h11-13H,3-10H2,1-2H3,(H,19,20)(H2,17,18,21). The molecule has 2 aliphatic rings. The second-order valence-corrected chi connectivity index (χ2v) is 6.89. The number of carbonyl (C=O) groups is 2. The maximum Gasteiger partial charge on any atom is 0.329 e. The Balaban J connectivity index is 1.84. The van der Waals surface area contributed by atoms with E-state index in [2.05, 4.69) is 24.5 Å². The molecule has 120 valence electrons. The molecule has 3 N–H and O–H groups in total. The first-order chi connectivity index (χ1) is 9.97. The van der Waals surface area contributed by atoms with Gasteiger partial charge in [-0.05, 0) is 56.3 Å². The van der Waals surface area contributed by atoms with Gasteiger partial charge in [0.2, 0.25) is 0 Å². The molecular weight excluding hydrogens is 268 g/mol.